The predicted octanol–water partition coefficient (Wildman–Crippen LogP) is 4.05. The number of halogens is 4. The summed E-state index contributed by atoms with van der Waals surface area (Å²) in [5.74, 6) is -3.50. The maximum absolute atomic E-state index is 13.0. The van der Waals surface area contributed by atoms with E-state index in [1.807, 2.05) is 0 Å². The second-order valence-corrected chi connectivity index (χ2v) is 5.04. The first kappa shape index (κ1) is 13.9. The highest BCUT2D eigenvalue weighted by Gasteiger charge is 2.43. The van der Waals surface area contributed by atoms with Crippen molar-refractivity contribution in [1.29, 1.82) is 0 Å². The number of aromatic nitrogens is 1. The highest BCUT2D eigenvalue weighted by atomic mass is 79.9. The molecule has 1 aromatic heterocycles. The largest absolute Gasteiger partial charge is 0.481 e. The fourth-order valence-electron chi connectivity index (χ4n) is 1.98. The highest BCUT2D eigenvalue weighted by Crippen LogP contribution is 2.40. The van der Waals surface area contributed by atoms with Crippen LogP contribution in [0.5, 0.6) is 0 Å². The van der Waals surface area contributed by atoms with Gasteiger partial charge in [0.2, 0.25) is 0 Å². The number of nitrogens with one attached hydrogen (secondary N) is 1. The maximum atomic E-state index is 13.0. The third-order valence-electron chi connectivity index (χ3n) is 2.83. The Morgan fingerprint density at radius 3 is 2.68 bits per heavy atom. The van der Waals surface area contributed by atoms with E-state index in [1.54, 1.807) is 18.2 Å². The minimum atomic E-state index is -4.60. The molecule has 0 spiro atoms. The van der Waals surface area contributed by atoms with Crippen LogP contribution >= 0.6 is 15.9 Å². The number of carboxylic acid groups (broad SMARTS) is 1. The van der Waals surface area contributed by atoms with Gasteiger partial charge >= 0.3 is 12.1 Å². The summed E-state index contributed by atoms with van der Waals surface area (Å²) in [6, 6.07) is 4.88. The average molecular weight is 336 g/mol. The van der Waals surface area contributed by atoms with E-state index in [0.717, 1.165) is 0 Å². The molecule has 2 rings (SSSR count). The zero-order chi connectivity index (χ0) is 14.2. The van der Waals surface area contributed by atoms with Crippen LogP contribution in [0, 0.1) is 0 Å². The Labute approximate surface area is 114 Å². The minimum Gasteiger partial charge on any atom is -0.481 e. The molecule has 0 aliphatic carbocycles. The van der Waals surface area contributed by atoms with Crippen LogP contribution < -0.4 is 0 Å². The molecule has 2 N–H and O–H groups in total. The third kappa shape index (κ3) is 2.91. The molecular weight excluding hydrogens is 327 g/mol. The summed E-state index contributed by atoms with van der Waals surface area (Å²) in [6.07, 6.45) is -4.36. The molecule has 0 aliphatic heterocycles. The van der Waals surface area contributed by atoms with Gasteiger partial charge in [0.15, 0.2) is 0 Å². The number of carbonyl (C=O) groups is 1. The van der Waals surface area contributed by atoms with Crippen LogP contribution in [-0.2, 0) is 4.79 Å². The van der Waals surface area contributed by atoms with Gasteiger partial charge in [-0.05, 0) is 23.8 Å². The van der Waals surface area contributed by atoms with Gasteiger partial charge in [0.25, 0.3) is 0 Å². The van der Waals surface area contributed by atoms with Crippen molar-refractivity contribution in [2.75, 3.05) is 0 Å². The van der Waals surface area contributed by atoms with Crippen molar-refractivity contribution in [2.24, 2.45) is 0 Å². The molecule has 2 aromatic rings. The SMILES string of the molecule is O=C(O)CC(c1c[nH]c2ccc(Br)cc12)C(F)(F)F. The molecule has 0 bridgehead atoms. The van der Waals surface area contributed by atoms with Crippen molar-refractivity contribution in [3.63, 3.8) is 0 Å². The summed E-state index contributed by atoms with van der Waals surface area (Å²) < 4.78 is 39.6. The lowest BCUT2D eigenvalue weighted by Crippen LogP contribution is -2.23. The summed E-state index contributed by atoms with van der Waals surface area (Å²) in [5, 5.41) is 9.03. The predicted molar refractivity (Wildman–Crippen MR) is 67.0 cm³/mol. The van der Waals surface area contributed by atoms with Crippen molar-refractivity contribution < 1.29 is 23.1 Å². The van der Waals surface area contributed by atoms with Gasteiger partial charge in [-0.25, -0.2) is 0 Å². The van der Waals surface area contributed by atoms with Crippen LogP contribution in [0.25, 0.3) is 10.9 Å². The number of fused-ring (bicyclic) bond motifs is 1. The molecule has 0 amide bonds. The Kier molecular flexibility index (Phi) is 3.58. The van der Waals surface area contributed by atoms with Gasteiger partial charge in [-0.3, -0.25) is 4.79 Å². The van der Waals surface area contributed by atoms with E-state index in [2.05, 4.69) is 20.9 Å². The summed E-state index contributed by atoms with van der Waals surface area (Å²) in [4.78, 5) is 13.4. The zero-order valence-electron chi connectivity index (χ0n) is 9.46. The van der Waals surface area contributed by atoms with Crippen LogP contribution in [0.4, 0.5) is 13.2 Å². The Bertz CT molecular complexity index is 621. The number of carboxylic acids is 1. The summed E-state index contributed by atoms with van der Waals surface area (Å²) >= 11 is 3.19. The van der Waals surface area contributed by atoms with E-state index in [-0.39, 0.29) is 5.56 Å². The van der Waals surface area contributed by atoms with Crippen molar-refractivity contribution in [3.8, 4) is 0 Å². The molecule has 19 heavy (non-hydrogen) atoms. The first-order valence-corrected chi connectivity index (χ1v) is 6.13. The van der Waals surface area contributed by atoms with Crippen LogP contribution in [-0.4, -0.2) is 22.2 Å². The molecule has 0 saturated carbocycles. The van der Waals surface area contributed by atoms with E-state index < -0.39 is 24.5 Å². The molecule has 0 radical (unpaired) electrons. The minimum absolute atomic E-state index is 0.0498. The van der Waals surface area contributed by atoms with E-state index in [4.69, 9.17) is 5.11 Å². The number of hydrogen-bond donors (Lipinski definition) is 2. The van der Waals surface area contributed by atoms with Gasteiger partial charge in [0, 0.05) is 21.6 Å². The number of alkyl halides is 3. The zero-order valence-corrected chi connectivity index (χ0v) is 11.0. The molecule has 1 atom stereocenters. The van der Waals surface area contributed by atoms with Crippen molar-refractivity contribution in [3.05, 3.63) is 34.4 Å². The van der Waals surface area contributed by atoms with Gasteiger partial charge in [0.05, 0.1) is 12.3 Å². The number of aliphatic carboxylic acids is 1. The summed E-state index contributed by atoms with van der Waals surface area (Å²) in [5.41, 5.74) is 0.490. The molecule has 0 aliphatic rings. The average Bonchev–Trinajstić information content (AvgIpc) is 2.66. The third-order valence-corrected chi connectivity index (χ3v) is 3.32. The molecule has 0 saturated heterocycles. The molecule has 3 nitrogen and oxygen atoms in total. The van der Waals surface area contributed by atoms with Crippen LogP contribution in [0.2, 0.25) is 0 Å². The van der Waals surface area contributed by atoms with Crippen LogP contribution in [0.3, 0.4) is 0 Å². The standard InChI is InChI=1S/C12H9BrF3NO2/c13-6-1-2-10-7(3-6)8(5-17-10)9(4-11(18)19)12(14,15)16/h1-3,5,9,17H,4H2,(H,18,19). The van der Waals surface area contributed by atoms with E-state index in [0.29, 0.717) is 15.4 Å². The molecule has 1 unspecified atom stereocenters. The number of hydrogen-bond acceptors (Lipinski definition) is 1. The van der Waals surface area contributed by atoms with Crippen LogP contribution in [0.1, 0.15) is 17.9 Å². The lowest BCUT2D eigenvalue weighted by molar-refractivity contribution is -0.163. The van der Waals surface area contributed by atoms with Crippen molar-refractivity contribution in [2.45, 2.75) is 18.5 Å². The first-order valence-electron chi connectivity index (χ1n) is 5.34. The second-order valence-electron chi connectivity index (χ2n) is 4.13. The summed E-state index contributed by atoms with van der Waals surface area (Å²) in [6.45, 7) is 0. The van der Waals surface area contributed by atoms with Crippen molar-refractivity contribution in [1.82, 2.24) is 4.98 Å². The lowest BCUT2D eigenvalue weighted by atomic mass is 9.95. The monoisotopic (exact) mass is 335 g/mol. The normalized spacial score (nSPS) is 13.7. The molecule has 102 valence electrons. The van der Waals surface area contributed by atoms with E-state index in [1.165, 1.54) is 6.20 Å². The topological polar surface area (TPSA) is 53.1 Å². The molecule has 0 fully saturated rings. The van der Waals surface area contributed by atoms with Crippen LogP contribution in [0.15, 0.2) is 28.9 Å². The second kappa shape index (κ2) is 4.88. The van der Waals surface area contributed by atoms with Gasteiger partial charge in [-0.1, -0.05) is 15.9 Å². The molecule has 1 aromatic carbocycles. The Hall–Kier alpha value is -1.50. The molecule has 1 heterocycles. The number of H-pyrrole nitrogens is 1. The maximum Gasteiger partial charge on any atom is 0.396 e. The molecular formula is C12H9BrF3NO2. The number of benzene rings is 1. The van der Waals surface area contributed by atoms with Gasteiger partial charge in [-0.2, -0.15) is 13.2 Å². The molecule has 7 heteroatoms. The quantitative estimate of drug-likeness (QED) is 0.888. The fraction of sp³-hybridized carbons (Fsp3) is 0.250. The highest BCUT2D eigenvalue weighted by molar-refractivity contribution is 9.10. The Morgan fingerprint density at radius 2 is 2.11 bits per heavy atom. The van der Waals surface area contributed by atoms with Gasteiger partial charge in [-0.15, -0.1) is 0 Å². The lowest BCUT2D eigenvalue weighted by Gasteiger charge is -2.18. The Morgan fingerprint density at radius 1 is 1.42 bits per heavy atom. The summed E-state index contributed by atoms with van der Waals surface area (Å²) in [7, 11) is 0. The van der Waals surface area contributed by atoms with E-state index in [9.17, 15) is 18.0 Å². The number of aromatic amines is 1. The first-order chi connectivity index (χ1) is 8.79. The van der Waals surface area contributed by atoms with Gasteiger partial charge in [0.1, 0.15) is 0 Å². The Balaban J connectivity index is 2.55. The van der Waals surface area contributed by atoms with E-state index >= 15 is 0 Å². The van der Waals surface area contributed by atoms with Crippen molar-refractivity contribution >= 4 is 32.8 Å². The smallest absolute Gasteiger partial charge is 0.396 e. The number of rotatable bonds is 3. The van der Waals surface area contributed by atoms with Gasteiger partial charge < -0.3 is 10.1 Å². The fourth-order valence-corrected chi connectivity index (χ4v) is 2.34.